The van der Waals surface area contributed by atoms with Crippen molar-refractivity contribution in [1.82, 2.24) is 4.90 Å². The smallest absolute Gasteiger partial charge is 0.407 e. The number of nitrogens with zero attached hydrogens (tertiary/aromatic N) is 1. The van der Waals surface area contributed by atoms with Crippen LogP contribution in [0.5, 0.6) is 0 Å². The molecule has 0 spiro atoms. The molecule has 1 aliphatic rings. The van der Waals surface area contributed by atoms with Crippen LogP contribution in [-0.2, 0) is 4.74 Å². The second kappa shape index (κ2) is 4.43. The zero-order valence-electron chi connectivity index (χ0n) is 7.77. The number of rotatable bonds is 2. The minimum Gasteiger partial charge on any atom is -0.465 e. The Morgan fingerprint density at radius 3 is 3.00 bits per heavy atom. The van der Waals surface area contributed by atoms with Crippen LogP contribution >= 0.6 is 0 Å². The van der Waals surface area contributed by atoms with Gasteiger partial charge in [-0.15, -0.1) is 0 Å². The number of piperidine rings is 1. The minimum absolute atomic E-state index is 0.0319. The van der Waals surface area contributed by atoms with Gasteiger partial charge in [0.1, 0.15) is 0 Å². The summed E-state index contributed by atoms with van der Waals surface area (Å²) in [5.41, 5.74) is 5.78. The average Bonchev–Trinajstić information content (AvgIpc) is 2.08. The van der Waals surface area contributed by atoms with E-state index < -0.39 is 6.09 Å². The van der Waals surface area contributed by atoms with E-state index >= 15 is 0 Å². The lowest BCUT2D eigenvalue weighted by atomic mass is 10.0. The number of likely N-dealkylation sites (tertiary alicyclic amines) is 1. The topological polar surface area (TPSA) is 75.8 Å². The van der Waals surface area contributed by atoms with Gasteiger partial charge in [0.25, 0.3) is 0 Å². The van der Waals surface area contributed by atoms with Crippen molar-refractivity contribution in [3.05, 3.63) is 0 Å². The summed E-state index contributed by atoms with van der Waals surface area (Å²) in [6.45, 7) is 3.36. The molecule has 1 fully saturated rings. The molecule has 0 aromatic carbocycles. The maximum Gasteiger partial charge on any atom is 0.407 e. The van der Waals surface area contributed by atoms with Crippen molar-refractivity contribution in [3.8, 4) is 0 Å². The first-order chi connectivity index (χ1) is 6.15. The van der Waals surface area contributed by atoms with Crippen molar-refractivity contribution in [2.75, 3.05) is 19.7 Å². The van der Waals surface area contributed by atoms with Gasteiger partial charge in [0.15, 0.2) is 0 Å². The van der Waals surface area contributed by atoms with E-state index in [9.17, 15) is 4.79 Å². The molecule has 76 valence electrons. The van der Waals surface area contributed by atoms with Crippen LogP contribution in [0.1, 0.15) is 13.3 Å². The van der Waals surface area contributed by atoms with Crippen LogP contribution in [0.15, 0.2) is 0 Å². The maximum atomic E-state index is 10.6. The Balaban J connectivity index is 2.47. The number of carboxylic acid groups (broad SMARTS) is 1. The van der Waals surface area contributed by atoms with Crippen LogP contribution in [0.4, 0.5) is 4.79 Å². The summed E-state index contributed by atoms with van der Waals surface area (Å²) in [6, 6.07) is -0.0319. The number of hydrogen-bond acceptors (Lipinski definition) is 3. The Bertz CT molecular complexity index is 186. The molecule has 5 heteroatoms. The van der Waals surface area contributed by atoms with E-state index in [1.807, 2.05) is 6.92 Å². The zero-order valence-corrected chi connectivity index (χ0v) is 7.77. The Hall–Kier alpha value is -0.810. The summed E-state index contributed by atoms with van der Waals surface area (Å²) in [7, 11) is 0. The number of nitrogens with two attached hydrogens (primary N) is 1. The molecule has 0 saturated carbocycles. The SMILES string of the molecule is CCOC1CN(C(=O)O)CCC1N. The van der Waals surface area contributed by atoms with Crippen LogP contribution in [0.3, 0.4) is 0 Å². The lowest BCUT2D eigenvalue weighted by Crippen LogP contribution is -2.53. The van der Waals surface area contributed by atoms with Gasteiger partial charge < -0.3 is 20.5 Å². The second-order valence-electron chi connectivity index (χ2n) is 3.17. The second-order valence-corrected chi connectivity index (χ2v) is 3.17. The van der Waals surface area contributed by atoms with Gasteiger partial charge in [-0.25, -0.2) is 4.79 Å². The van der Waals surface area contributed by atoms with E-state index in [0.29, 0.717) is 26.1 Å². The number of ether oxygens (including phenoxy) is 1. The lowest BCUT2D eigenvalue weighted by molar-refractivity contribution is -0.00308. The van der Waals surface area contributed by atoms with Crippen molar-refractivity contribution < 1.29 is 14.6 Å². The van der Waals surface area contributed by atoms with Gasteiger partial charge in [0, 0.05) is 19.2 Å². The van der Waals surface area contributed by atoms with Crippen molar-refractivity contribution in [2.24, 2.45) is 5.73 Å². The van der Waals surface area contributed by atoms with Crippen LogP contribution < -0.4 is 5.73 Å². The third-order valence-electron chi connectivity index (χ3n) is 2.26. The molecule has 1 heterocycles. The number of carbonyl (C=O) groups is 1. The van der Waals surface area contributed by atoms with E-state index in [1.165, 1.54) is 4.90 Å². The molecule has 0 aromatic rings. The van der Waals surface area contributed by atoms with Crippen LogP contribution in [0.2, 0.25) is 0 Å². The Morgan fingerprint density at radius 1 is 1.77 bits per heavy atom. The first-order valence-corrected chi connectivity index (χ1v) is 4.50. The van der Waals surface area contributed by atoms with Gasteiger partial charge in [-0.1, -0.05) is 0 Å². The minimum atomic E-state index is -0.892. The van der Waals surface area contributed by atoms with Gasteiger partial charge in [0.2, 0.25) is 0 Å². The number of amides is 1. The van der Waals surface area contributed by atoms with Crippen LogP contribution in [0, 0.1) is 0 Å². The van der Waals surface area contributed by atoms with Gasteiger partial charge >= 0.3 is 6.09 Å². The Labute approximate surface area is 77.5 Å². The summed E-state index contributed by atoms with van der Waals surface area (Å²) in [4.78, 5) is 12.0. The predicted octanol–water partition coefficient (Wildman–Crippen LogP) is 0.103. The Morgan fingerprint density at radius 2 is 2.46 bits per heavy atom. The van der Waals surface area contributed by atoms with Crippen molar-refractivity contribution in [3.63, 3.8) is 0 Å². The molecule has 1 saturated heterocycles. The number of hydrogen-bond donors (Lipinski definition) is 2. The molecule has 13 heavy (non-hydrogen) atoms. The first kappa shape index (κ1) is 10.3. The van der Waals surface area contributed by atoms with E-state index in [-0.39, 0.29) is 12.1 Å². The molecular weight excluding hydrogens is 172 g/mol. The van der Waals surface area contributed by atoms with E-state index in [0.717, 1.165) is 0 Å². The lowest BCUT2D eigenvalue weighted by Gasteiger charge is -2.34. The fourth-order valence-corrected chi connectivity index (χ4v) is 1.50. The fourth-order valence-electron chi connectivity index (χ4n) is 1.50. The van der Waals surface area contributed by atoms with Crippen molar-refractivity contribution >= 4 is 6.09 Å². The molecule has 0 aromatic heterocycles. The van der Waals surface area contributed by atoms with Gasteiger partial charge in [0.05, 0.1) is 12.6 Å². The molecule has 1 amide bonds. The Kier molecular flexibility index (Phi) is 3.50. The van der Waals surface area contributed by atoms with Crippen LogP contribution in [0.25, 0.3) is 0 Å². The third-order valence-corrected chi connectivity index (χ3v) is 2.26. The van der Waals surface area contributed by atoms with Crippen molar-refractivity contribution in [1.29, 1.82) is 0 Å². The first-order valence-electron chi connectivity index (χ1n) is 4.50. The molecule has 0 bridgehead atoms. The van der Waals surface area contributed by atoms with E-state index in [4.69, 9.17) is 15.6 Å². The molecule has 0 radical (unpaired) electrons. The van der Waals surface area contributed by atoms with E-state index in [1.54, 1.807) is 0 Å². The summed E-state index contributed by atoms with van der Waals surface area (Å²) in [6.07, 6.45) is -0.358. The molecule has 3 N–H and O–H groups in total. The molecular formula is C8H16N2O3. The van der Waals surface area contributed by atoms with Crippen molar-refractivity contribution in [2.45, 2.75) is 25.5 Å². The highest BCUT2D eigenvalue weighted by molar-refractivity contribution is 5.65. The third kappa shape index (κ3) is 2.57. The molecule has 0 aliphatic carbocycles. The highest BCUT2D eigenvalue weighted by Crippen LogP contribution is 2.12. The molecule has 1 rings (SSSR count). The quantitative estimate of drug-likeness (QED) is 0.644. The summed E-state index contributed by atoms with van der Waals surface area (Å²) < 4.78 is 5.35. The molecule has 2 atom stereocenters. The molecule has 5 nitrogen and oxygen atoms in total. The largest absolute Gasteiger partial charge is 0.465 e. The normalized spacial score (nSPS) is 28.9. The monoisotopic (exact) mass is 188 g/mol. The van der Waals surface area contributed by atoms with E-state index in [2.05, 4.69) is 0 Å². The molecule has 1 aliphatic heterocycles. The van der Waals surface area contributed by atoms with Gasteiger partial charge in [-0.05, 0) is 13.3 Å². The summed E-state index contributed by atoms with van der Waals surface area (Å²) >= 11 is 0. The fraction of sp³-hybridized carbons (Fsp3) is 0.875. The summed E-state index contributed by atoms with van der Waals surface area (Å²) in [5, 5.41) is 8.74. The highest BCUT2D eigenvalue weighted by atomic mass is 16.5. The van der Waals surface area contributed by atoms with Gasteiger partial charge in [-0.2, -0.15) is 0 Å². The predicted molar refractivity (Wildman–Crippen MR) is 47.6 cm³/mol. The standard InChI is InChI=1S/C8H16N2O3/c1-2-13-7-5-10(8(11)12)4-3-6(7)9/h6-7H,2-5,9H2,1H3,(H,11,12). The summed E-state index contributed by atoms with van der Waals surface area (Å²) in [5.74, 6) is 0. The average molecular weight is 188 g/mol. The van der Waals surface area contributed by atoms with Crippen LogP contribution in [-0.4, -0.2) is 47.9 Å². The van der Waals surface area contributed by atoms with Gasteiger partial charge in [-0.3, -0.25) is 0 Å². The molecule has 2 unspecified atom stereocenters. The maximum absolute atomic E-state index is 10.6. The zero-order chi connectivity index (χ0) is 9.84. The highest BCUT2D eigenvalue weighted by Gasteiger charge is 2.29.